The summed E-state index contributed by atoms with van der Waals surface area (Å²) in [5.74, 6) is 0.0579. The number of carboxylic acids is 1. The van der Waals surface area contributed by atoms with E-state index < -0.39 is 11.9 Å². The van der Waals surface area contributed by atoms with Crippen molar-refractivity contribution < 1.29 is 24.2 Å². The van der Waals surface area contributed by atoms with Gasteiger partial charge in [0.2, 0.25) is 6.79 Å². The average Bonchev–Trinajstić information content (AvgIpc) is 3.15. The van der Waals surface area contributed by atoms with E-state index in [-0.39, 0.29) is 25.4 Å². The highest BCUT2D eigenvalue weighted by molar-refractivity contribution is 5.77. The Balaban J connectivity index is 1.61. The molecule has 0 aromatic heterocycles. The molecule has 2 heterocycles. The number of carbonyl (C=O) groups excluding carboxylic acids is 1. The van der Waals surface area contributed by atoms with Crippen LogP contribution in [0.2, 0.25) is 0 Å². The van der Waals surface area contributed by atoms with Crippen LogP contribution in [0, 0.1) is 5.92 Å². The van der Waals surface area contributed by atoms with Crippen molar-refractivity contribution in [1.82, 2.24) is 10.2 Å². The summed E-state index contributed by atoms with van der Waals surface area (Å²) < 4.78 is 10.6. The molecule has 0 aliphatic carbocycles. The van der Waals surface area contributed by atoms with Crippen LogP contribution < -0.4 is 14.8 Å². The normalized spacial score (nSPS) is 20.8. The summed E-state index contributed by atoms with van der Waals surface area (Å²) in [5.41, 5.74) is 0.909. The molecule has 2 amide bonds. The predicted octanol–water partition coefficient (Wildman–Crippen LogP) is 1.59. The molecule has 0 radical (unpaired) electrons. The van der Waals surface area contributed by atoms with E-state index in [2.05, 4.69) is 5.32 Å². The topological polar surface area (TPSA) is 88.1 Å². The molecular formula is C15H18N2O5. The fraction of sp³-hybridized carbons (Fsp3) is 0.467. The summed E-state index contributed by atoms with van der Waals surface area (Å²) in [5, 5.41) is 11.9. The van der Waals surface area contributed by atoms with Crippen LogP contribution in [0.1, 0.15) is 24.9 Å². The number of likely N-dealkylation sites (tertiary alicyclic amines) is 1. The molecule has 0 spiro atoms. The van der Waals surface area contributed by atoms with E-state index in [1.807, 2.05) is 25.1 Å². The fourth-order valence-corrected chi connectivity index (χ4v) is 2.69. The first-order chi connectivity index (χ1) is 10.5. The molecule has 1 aromatic rings. The van der Waals surface area contributed by atoms with E-state index in [4.69, 9.17) is 14.6 Å². The molecule has 3 rings (SSSR count). The van der Waals surface area contributed by atoms with Crippen molar-refractivity contribution in [3.63, 3.8) is 0 Å². The van der Waals surface area contributed by atoms with Gasteiger partial charge in [-0.15, -0.1) is 0 Å². The molecule has 2 aliphatic heterocycles. The Morgan fingerprint density at radius 1 is 1.36 bits per heavy atom. The van der Waals surface area contributed by atoms with Crippen molar-refractivity contribution >= 4 is 12.0 Å². The van der Waals surface area contributed by atoms with Crippen LogP contribution in [0.5, 0.6) is 11.5 Å². The van der Waals surface area contributed by atoms with Crippen molar-refractivity contribution in [3.05, 3.63) is 23.8 Å². The van der Waals surface area contributed by atoms with Crippen molar-refractivity contribution in [2.24, 2.45) is 5.92 Å². The standard InChI is InChI=1S/C15H18N2O5/c1-9(10-2-3-12-13(6-10)22-8-21-12)16-15(20)17-5-4-11(7-17)14(18)19/h2-3,6,9,11H,4-5,7-8H2,1H3,(H,16,20)(H,18,19). The molecule has 2 atom stereocenters. The van der Waals surface area contributed by atoms with E-state index in [1.165, 1.54) is 0 Å². The van der Waals surface area contributed by atoms with E-state index in [1.54, 1.807) is 4.90 Å². The average molecular weight is 306 g/mol. The van der Waals surface area contributed by atoms with Gasteiger partial charge in [-0.1, -0.05) is 6.07 Å². The van der Waals surface area contributed by atoms with Crippen molar-refractivity contribution in [3.8, 4) is 11.5 Å². The molecule has 0 bridgehead atoms. The second kappa shape index (κ2) is 5.75. The maximum atomic E-state index is 12.2. The van der Waals surface area contributed by atoms with Gasteiger partial charge in [0.1, 0.15) is 0 Å². The number of nitrogens with one attached hydrogen (secondary N) is 1. The number of ether oxygens (including phenoxy) is 2. The van der Waals surface area contributed by atoms with Gasteiger partial charge in [-0.2, -0.15) is 0 Å². The van der Waals surface area contributed by atoms with Gasteiger partial charge in [-0.05, 0) is 31.0 Å². The number of rotatable bonds is 3. The lowest BCUT2D eigenvalue weighted by Crippen LogP contribution is -2.40. The zero-order chi connectivity index (χ0) is 15.7. The molecule has 2 aliphatic rings. The van der Waals surface area contributed by atoms with E-state index in [0.717, 1.165) is 5.56 Å². The molecule has 2 unspecified atom stereocenters. The van der Waals surface area contributed by atoms with Gasteiger partial charge in [0, 0.05) is 13.1 Å². The zero-order valence-corrected chi connectivity index (χ0v) is 12.2. The largest absolute Gasteiger partial charge is 0.481 e. The highest BCUT2D eigenvalue weighted by Gasteiger charge is 2.31. The van der Waals surface area contributed by atoms with E-state index >= 15 is 0 Å². The first-order valence-corrected chi connectivity index (χ1v) is 7.22. The van der Waals surface area contributed by atoms with Crippen LogP contribution in [-0.4, -0.2) is 41.9 Å². The Labute approximate surface area is 127 Å². The highest BCUT2D eigenvalue weighted by Crippen LogP contribution is 2.34. The number of amides is 2. The number of benzene rings is 1. The maximum absolute atomic E-state index is 12.2. The molecule has 1 aromatic carbocycles. The second-order valence-electron chi connectivity index (χ2n) is 5.55. The predicted molar refractivity (Wildman–Crippen MR) is 76.8 cm³/mol. The number of fused-ring (bicyclic) bond motifs is 1. The highest BCUT2D eigenvalue weighted by atomic mass is 16.7. The van der Waals surface area contributed by atoms with Gasteiger partial charge in [0.25, 0.3) is 0 Å². The fourth-order valence-electron chi connectivity index (χ4n) is 2.69. The van der Waals surface area contributed by atoms with E-state index in [0.29, 0.717) is 24.5 Å². The number of aliphatic carboxylic acids is 1. The molecule has 1 fully saturated rings. The van der Waals surface area contributed by atoms with Crippen LogP contribution in [0.15, 0.2) is 18.2 Å². The quantitative estimate of drug-likeness (QED) is 0.885. The Morgan fingerprint density at radius 3 is 2.86 bits per heavy atom. The SMILES string of the molecule is CC(NC(=O)N1CCC(C(=O)O)C1)c1ccc2c(c1)OCO2. The molecule has 7 nitrogen and oxygen atoms in total. The smallest absolute Gasteiger partial charge is 0.317 e. The molecule has 22 heavy (non-hydrogen) atoms. The first kappa shape index (κ1) is 14.5. The van der Waals surface area contributed by atoms with Crippen LogP contribution in [-0.2, 0) is 4.79 Å². The number of hydrogen-bond donors (Lipinski definition) is 2. The number of carbonyl (C=O) groups is 2. The Hall–Kier alpha value is -2.44. The van der Waals surface area contributed by atoms with Crippen molar-refractivity contribution in [2.45, 2.75) is 19.4 Å². The van der Waals surface area contributed by atoms with Gasteiger partial charge in [0.05, 0.1) is 12.0 Å². The third-order valence-electron chi connectivity index (χ3n) is 4.06. The zero-order valence-electron chi connectivity index (χ0n) is 12.2. The summed E-state index contributed by atoms with van der Waals surface area (Å²) in [6.45, 7) is 2.82. The molecular weight excluding hydrogens is 288 g/mol. The van der Waals surface area contributed by atoms with Gasteiger partial charge in [0.15, 0.2) is 11.5 Å². The number of nitrogens with zero attached hydrogens (tertiary/aromatic N) is 1. The Bertz CT molecular complexity index is 604. The summed E-state index contributed by atoms with van der Waals surface area (Å²) in [6.07, 6.45) is 0.501. The first-order valence-electron chi connectivity index (χ1n) is 7.22. The van der Waals surface area contributed by atoms with Gasteiger partial charge < -0.3 is 24.8 Å². The third-order valence-corrected chi connectivity index (χ3v) is 4.06. The van der Waals surface area contributed by atoms with Crippen LogP contribution in [0.4, 0.5) is 4.79 Å². The van der Waals surface area contributed by atoms with Crippen LogP contribution in [0.3, 0.4) is 0 Å². The van der Waals surface area contributed by atoms with Crippen molar-refractivity contribution in [1.29, 1.82) is 0 Å². The minimum absolute atomic E-state index is 0.203. The Kier molecular flexibility index (Phi) is 3.79. The molecule has 1 saturated heterocycles. The number of carboxylic acid groups (broad SMARTS) is 1. The Morgan fingerprint density at radius 2 is 2.14 bits per heavy atom. The third kappa shape index (κ3) is 2.79. The van der Waals surface area contributed by atoms with E-state index in [9.17, 15) is 9.59 Å². The minimum Gasteiger partial charge on any atom is -0.481 e. The maximum Gasteiger partial charge on any atom is 0.317 e. The van der Waals surface area contributed by atoms with Gasteiger partial charge in [-0.25, -0.2) is 4.79 Å². The molecule has 0 saturated carbocycles. The summed E-state index contributed by atoms with van der Waals surface area (Å²) in [4.78, 5) is 24.7. The lowest BCUT2D eigenvalue weighted by atomic mass is 10.1. The van der Waals surface area contributed by atoms with Crippen molar-refractivity contribution in [2.75, 3.05) is 19.9 Å². The number of urea groups is 1. The minimum atomic E-state index is -0.848. The van der Waals surface area contributed by atoms with Crippen LogP contribution in [0.25, 0.3) is 0 Å². The summed E-state index contributed by atoms with van der Waals surface area (Å²) >= 11 is 0. The molecule has 118 valence electrons. The lowest BCUT2D eigenvalue weighted by molar-refractivity contribution is -0.141. The van der Waals surface area contributed by atoms with Gasteiger partial charge >= 0.3 is 12.0 Å². The summed E-state index contributed by atoms with van der Waals surface area (Å²) in [7, 11) is 0. The van der Waals surface area contributed by atoms with Crippen LogP contribution >= 0.6 is 0 Å². The molecule has 2 N–H and O–H groups in total. The molecule has 7 heteroatoms. The second-order valence-corrected chi connectivity index (χ2v) is 5.55. The number of hydrogen-bond acceptors (Lipinski definition) is 4. The lowest BCUT2D eigenvalue weighted by Gasteiger charge is -2.21. The van der Waals surface area contributed by atoms with Gasteiger partial charge in [-0.3, -0.25) is 4.79 Å². The summed E-state index contributed by atoms with van der Waals surface area (Å²) in [6, 6.07) is 5.09. The monoisotopic (exact) mass is 306 g/mol.